The minimum Gasteiger partial charge on any atom is -0.379 e. The SMILES string of the molecule is CC(C)c1cc(I)ccc1NC(=O)CSc1nnc(CN2CCOCC2)n1-c1ccc(Cl)cc1. The van der Waals surface area contributed by atoms with Gasteiger partial charge in [0.2, 0.25) is 5.91 Å². The fraction of sp³-hybridized carbons (Fsp3) is 0.375. The van der Waals surface area contributed by atoms with Crippen LogP contribution >= 0.6 is 46.0 Å². The van der Waals surface area contributed by atoms with E-state index in [4.69, 9.17) is 16.3 Å². The van der Waals surface area contributed by atoms with Crippen LogP contribution in [-0.2, 0) is 16.1 Å². The number of benzene rings is 2. The van der Waals surface area contributed by atoms with Gasteiger partial charge in [-0.15, -0.1) is 10.2 Å². The molecular formula is C24H27ClIN5O2S. The van der Waals surface area contributed by atoms with E-state index < -0.39 is 0 Å². The topological polar surface area (TPSA) is 72.3 Å². The van der Waals surface area contributed by atoms with Crippen molar-refractivity contribution in [1.82, 2.24) is 19.7 Å². The molecule has 7 nitrogen and oxygen atoms in total. The van der Waals surface area contributed by atoms with Crippen LogP contribution in [0.2, 0.25) is 5.02 Å². The number of carbonyl (C=O) groups is 1. The molecule has 34 heavy (non-hydrogen) atoms. The molecule has 0 atom stereocenters. The molecule has 0 saturated carbocycles. The predicted molar refractivity (Wildman–Crippen MR) is 145 cm³/mol. The van der Waals surface area contributed by atoms with Crippen molar-refractivity contribution in [3.63, 3.8) is 0 Å². The number of aromatic nitrogens is 3. The van der Waals surface area contributed by atoms with Crippen molar-refractivity contribution >= 4 is 57.5 Å². The molecule has 4 rings (SSSR count). The maximum atomic E-state index is 12.8. The second kappa shape index (κ2) is 11.9. The van der Waals surface area contributed by atoms with E-state index in [1.807, 2.05) is 41.0 Å². The van der Waals surface area contributed by atoms with Gasteiger partial charge < -0.3 is 10.1 Å². The first kappa shape index (κ1) is 25.4. The van der Waals surface area contributed by atoms with Crippen molar-refractivity contribution in [1.29, 1.82) is 0 Å². The van der Waals surface area contributed by atoms with Gasteiger partial charge in [-0.2, -0.15) is 0 Å². The summed E-state index contributed by atoms with van der Waals surface area (Å²) in [6.45, 7) is 8.05. The van der Waals surface area contributed by atoms with E-state index in [2.05, 4.69) is 62.9 Å². The lowest BCUT2D eigenvalue weighted by Crippen LogP contribution is -2.36. The molecule has 180 valence electrons. The van der Waals surface area contributed by atoms with Gasteiger partial charge in [0, 0.05) is 33.1 Å². The second-order valence-corrected chi connectivity index (χ2v) is 10.9. The summed E-state index contributed by atoms with van der Waals surface area (Å²) in [6.07, 6.45) is 0. The van der Waals surface area contributed by atoms with Crippen molar-refractivity contribution in [2.45, 2.75) is 31.5 Å². The third-order valence-corrected chi connectivity index (χ3v) is 7.35. The summed E-state index contributed by atoms with van der Waals surface area (Å²) in [5.74, 6) is 1.29. The van der Waals surface area contributed by atoms with E-state index in [1.54, 1.807) is 0 Å². The molecule has 2 heterocycles. The summed E-state index contributed by atoms with van der Waals surface area (Å²) in [5, 5.41) is 13.3. The van der Waals surface area contributed by atoms with Gasteiger partial charge in [0.1, 0.15) is 0 Å². The molecule has 2 aromatic carbocycles. The molecular weight excluding hydrogens is 585 g/mol. The fourth-order valence-corrected chi connectivity index (χ4v) is 5.16. The lowest BCUT2D eigenvalue weighted by atomic mass is 10.0. The third-order valence-electron chi connectivity index (χ3n) is 5.50. The second-order valence-electron chi connectivity index (χ2n) is 8.32. The predicted octanol–water partition coefficient (Wildman–Crippen LogP) is 5.21. The Morgan fingerprint density at radius 3 is 2.62 bits per heavy atom. The number of carbonyl (C=O) groups excluding carboxylic acids is 1. The van der Waals surface area contributed by atoms with Crippen LogP contribution < -0.4 is 5.32 Å². The highest BCUT2D eigenvalue weighted by atomic mass is 127. The van der Waals surface area contributed by atoms with Crippen LogP contribution in [-0.4, -0.2) is 57.6 Å². The van der Waals surface area contributed by atoms with E-state index in [0.717, 1.165) is 39.4 Å². The standard InChI is InChI=1S/C24H27ClIN5O2S/c1-16(2)20-13-18(26)5-8-21(20)27-23(32)15-34-24-29-28-22(14-30-9-11-33-12-10-30)31(24)19-6-3-17(25)4-7-19/h3-8,13,16H,9-12,14-15H2,1-2H3,(H,27,32). The summed E-state index contributed by atoms with van der Waals surface area (Å²) in [4.78, 5) is 15.1. The Bertz CT molecular complexity index is 1130. The Labute approximate surface area is 222 Å². The van der Waals surface area contributed by atoms with Gasteiger partial charge in [-0.3, -0.25) is 14.3 Å². The number of ether oxygens (including phenoxy) is 1. The number of amides is 1. The maximum absolute atomic E-state index is 12.8. The van der Waals surface area contributed by atoms with Crippen LogP contribution in [0.25, 0.3) is 5.69 Å². The van der Waals surface area contributed by atoms with Crippen molar-refractivity contribution < 1.29 is 9.53 Å². The number of rotatable bonds is 8. The molecule has 1 aromatic heterocycles. The normalized spacial score (nSPS) is 14.5. The summed E-state index contributed by atoms with van der Waals surface area (Å²) >= 11 is 9.78. The van der Waals surface area contributed by atoms with Gasteiger partial charge in [0.25, 0.3) is 0 Å². The number of halogens is 2. The highest BCUT2D eigenvalue weighted by Crippen LogP contribution is 2.28. The van der Waals surface area contributed by atoms with Gasteiger partial charge in [0.05, 0.1) is 25.5 Å². The summed E-state index contributed by atoms with van der Waals surface area (Å²) in [5.41, 5.74) is 2.90. The number of hydrogen-bond acceptors (Lipinski definition) is 6. The molecule has 0 spiro atoms. The Kier molecular flexibility index (Phi) is 8.86. The highest BCUT2D eigenvalue weighted by molar-refractivity contribution is 14.1. The number of nitrogens with zero attached hydrogens (tertiary/aromatic N) is 4. The summed E-state index contributed by atoms with van der Waals surface area (Å²) < 4.78 is 8.62. The first-order valence-corrected chi connectivity index (χ1v) is 13.6. The summed E-state index contributed by atoms with van der Waals surface area (Å²) in [6, 6.07) is 13.7. The minimum atomic E-state index is -0.0755. The first-order valence-electron chi connectivity index (χ1n) is 11.1. The third kappa shape index (κ3) is 6.51. The van der Waals surface area contributed by atoms with Crippen LogP contribution in [0.4, 0.5) is 5.69 Å². The first-order chi connectivity index (χ1) is 16.4. The smallest absolute Gasteiger partial charge is 0.234 e. The lowest BCUT2D eigenvalue weighted by molar-refractivity contribution is -0.113. The van der Waals surface area contributed by atoms with Crippen LogP contribution in [0.5, 0.6) is 0 Å². The van der Waals surface area contributed by atoms with E-state index in [-0.39, 0.29) is 11.7 Å². The monoisotopic (exact) mass is 611 g/mol. The average Bonchev–Trinajstić information content (AvgIpc) is 3.22. The molecule has 1 aliphatic rings. The quantitative estimate of drug-likeness (QED) is 0.279. The molecule has 10 heteroatoms. The van der Waals surface area contributed by atoms with Crippen LogP contribution in [0.3, 0.4) is 0 Å². The molecule has 0 unspecified atom stereocenters. The van der Waals surface area contributed by atoms with Gasteiger partial charge >= 0.3 is 0 Å². The largest absolute Gasteiger partial charge is 0.379 e. The Hall–Kier alpha value is -1.66. The van der Waals surface area contributed by atoms with Crippen LogP contribution in [0, 0.1) is 3.57 Å². The van der Waals surface area contributed by atoms with E-state index in [0.29, 0.717) is 35.9 Å². The Balaban J connectivity index is 1.51. The number of anilines is 1. The zero-order valence-electron chi connectivity index (χ0n) is 19.1. The number of nitrogens with one attached hydrogen (secondary N) is 1. The van der Waals surface area contributed by atoms with Gasteiger partial charge in [-0.05, 0) is 76.5 Å². The fourth-order valence-electron chi connectivity index (χ4n) is 3.75. The van der Waals surface area contributed by atoms with Crippen LogP contribution in [0.1, 0.15) is 31.2 Å². The van der Waals surface area contributed by atoms with E-state index in [1.165, 1.54) is 11.8 Å². The average molecular weight is 612 g/mol. The lowest BCUT2D eigenvalue weighted by Gasteiger charge is -2.26. The molecule has 1 amide bonds. The van der Waals surface area contributed by atoms with Crippen molar-refractivity contribution in [2.24, 2.45) is 0 Å². The van der Waals surface area contributed by atoms with Crippen molar-refractivity contribution in [2.75, 3.05) is 37.4 Å². The highest BCUT2D eigenvalue weighted by Gasteiger charge is 2.20. The van der Waals surface area contributed by atoms with Gasteiger partial charge in [-0.1, -0.05) is 37.2 Å². The molecule has 1 saturated heterocycles. The van der Waals surface area contributed by atoms with Gasteiger partial charge in [-0.25, -0.2) is 0 Å². The Morgan fingerprint density at radius 2 is 1.91 bits per heavy atom. The number of hydrogen-bond donors (Lipinski definition) is 1. The molecule has 1 aliphatic heterocycles. The zero-order valence-corrected chi connectivity index (χ0v) is 22.9. The van der Waals surface area contributed by atoms with E-state index >= 15 is 0 Å². The molecule has 0 bridgehead atoms. The Morgan fingerprint density at radius 1 is 1.18 bits per heavy atom. The molecule has 3 aromatic rings. The summed E-state index contributed by atoms with van der Waals surface area (Å²) in [7, 11) is 0. The molecule has 1 fully saturated rings. The van der Waals surface area contributed by atoms with Crippen molar-refractivity contribution in [3.8, 4) is 5.69 Å². The molecule has 1 N–H and O–H groups in total. The minimum absolute atomic E-state index is 0.0755. The van der Waals surface area contributed by atoms with E-state index in [9.17, 15) is 4.79 Å². The van der Waals surface area contributed by atoms with Gasteiger partial charge in [0.15, 0.2) is 11.0 Å². The van der Waals surface area contributed by atoms with Crippen LogP contribution in [0.15, 0.2) is 47.6 Å². The van der Waals surface area contributed by atoms with Crippen molar-refractivity contribution in [3.05, 3.63) is 62.4 Å². The maximum Gasteiger partial charge on any atom is 0.234 e. The number of morpholine rings is 1. The zero-order chi connectivity index (χ0) is 24.1. The molecule has 0 aliphatic carbocycles. The molecule has 0 radical (unpaired) electrons. The number of thioether (sulfide) groups is 1.